The predicted octanol–water partition coefficient (Wildman–Crippen LogP) is 8.52. The molecule has 0 radical (unpaired) electrons. The maximum Gasteiger partial charge on any atom is -0.0548 e. The molecule has 23 heteroatoms. The molecule has 1 fully saturated rings. The summed E-state index contributed by atoms with van der Waals surface area (Å²) in [6, 6.07) is -1.89. The zero-order chi connectivity index (χ0) is 52.6. The van der Waals surface area contributed by atoms with Crippen LogP contribution in [0, 0.1) is 0 Å². The van der Waals surface area contributed by atoms with Gasteiger partial charge in [0.25, 0.3) is 0 Å². The summed E-state index contributed by atoms with van der Waals surface area (Å²) in [5.41, 5.74) is 11.8. The number of alkyl carbamates (subject to hydrolysis) is 2. The predicted molar refractivity (Wildman–Crippen MR) is 252 cm³/mol. The molecule has 0 aliphatic heterocycles. The molecule has 67 heavy (non-hydrogen) atoms. The van der Waals surface area contributed by atoms with Crippen LogP contribution in [0.1, 0.15) is 173 Å². The molecule has 20 nitrogen and oxygen atoms in total. The van der Waals surface area contributed by atoms with Gasteiger partial charge in [0.1, 0.15) is 34.5 Å². The number of carboxylic acids is 2. The number of halogens is 2. The van der Waals surface area contributed by atoms with Crippen molar-refractivity contribution in [3.05, 3.63) is 11.5 Å². The Labute approximate surface area is 414 Å². The van der Waals surface area contributed by atoms with E-state index in [0.29, 0.717) is 51.6 Å². The molecule has 1 saturated carbocycles. The van der Waals surface area contributed by atoms with Crippen LogP contribution < -0.4 is 21.3 Å². The van der Waals surface area contributed by atoms with Crippen LogP contribution in [-0.4, -0.2) is 118 Å². The maximum absolute atomic E-state index is 12.4. The Hall–Kier alpha value is -3.45. The van der Waals surface area contributed by atoms with Crippen molar-refractivity contribution in [3.63, 3.8) is 0 Å². The van der Waals surface area contributed by atoms with E-state index in [1.165, 1.54) is 12.8 Å². The fraction of sp³-hybridized carbons (Fsp3) is 0.818. The van der Waals surface area contributed by atoms with E-state index >= 15 is 0 Å². The monoisotopic (exact) mass is 1180 g/mol. The van der Waals surface area contributed by atoms with E-state index in [4.69, 9.17) is 59.5 Å². The molecule has 0 heterocycles. The van der Waals surface area contributed by atoms with E-state index in [9.17, 15) is 38.4 Å². The van der Waals surface area contributed by atoms with Gasteiger partial charge >= 0.3 is 71.4 Å². The molecule has 0 spiro atoms. The molecule has 8 N–H and O–H groups in total. The summed E-state index contributed by atoms with van der Waals surface area (Å²) < 4.78 is 21.1. The van der Waals surface area contributed by atoms with E-state index in [1.807, 2.05) is 0 Å². The van der Waals surface area contributed by atoms with Crippen LogP contribution in [0.2, 0.25) is 0 Å². The number of amides is 4. The third-order valence-corrected chi connectivity index (χ3v) is 8.15. The number of ether oxygens (including phenoxy) is 4. The van der Waals surface area contributed by atoms with Crippen LogP contribution in [0.15, 0.2) is 0 Å². The van der Waals surface area contributed by atoms with Crippen LogP contribution in [0.5, 0.6) is 0 Å². The number of hydrogen-bond donors (Lipinski definition) is 6. The Bertz CT molecular complexity index is 1390. The molecule has 0 bridgehead atoms. The van der Waals surface area contributed by atoms with Crippen molar-refractivity contribution in [1.82, 2.24) is 21.3 Å². The summed E-state index contributed by atoms with van der Waals surface area (Å²) >= 11 is -0.472. The first-order valence-electron chi connectivity index (χ1n) is 22.3. The molecule has 394 valence electrons. The van der Waals surface area contributed by atoms with Crippen molar-refractivity contribution < 1.29 is 84.0 Å². The van der Waals surface area contributed by atoms with Gasteiger partial charge in [-0.15, -0.1) is 0 Å². The Kier molecular flexibility index (Phi) is 36.1. The number of aliphatic carboxylic acids is 2. The summed E-state index contributed by atoms with van der Waals surface area (Å²) in [5.74, 6) is -3.82. The molecule has 4 atom stereocenters. The van der Waals surface area contributed by atoms with Gasteiger partial charge in [-0.1, -0.05) is 25.7 Å². The first-order chi connectivity index (χ1) is 30.6. The number of carboxylic acid groups (broad SMARTS) is 2. The average molecular weight is 1180 g/mol. The maximum atomic E-state index is 12.4. The van der Waals surface area contributed by atoms with Crippen LogP contribution in [-0.2, 0) is 64.2 Å². The number of esters is 2. The largest absolute Gasteiger partial charge is 0.676 e. The first-order valence-corrected chi connectivity index (χ1v) is 27.9. The van der Waals surface area contributed by atoms with Crippen LogP contribution in [0.4, 0.5) is 9.59 Å². The van der Waals surface area contributed by atoms with Crippen LogP contribution in [0.3, 0.4) is 0 Å². The molecular weight excluding hydrogens is 1100 g/mol. The number of rotatable bonds is 20. The molecule has 1 rings (SSSR count). The van der Waals surface area contributed by atoms with E-state index in [-0.39, 0.29) is 49.6 Å². The second-order valence-electron chi connectivity index (χ2n) is 19.5. The molecular formula is C44H80Cl2N6O14Pt. The Balaban J connectivity index is -0.000000993. The summed E-state index contributed by atoms with van der Waals surface area (Å²) in [4.78, 5) is 92.5. The standard InChI is InChI=1S/2C19H34N2O7.C6H12N2.2ClH.Pt/c2*1-18(2,3)27-16(25)13(21-17(26)28-19(4,5)6)9-7-8-12-20-14(22)10-11-15(23)24;7-5-3-1-2-4-6(5)8;;;/h2*13H,7-12H2,1-6H3,(H,20,22)(H,21,26)(H,23,24);5-8H,1-4H2;2*1H;/q;;-2;;;+4/p-2. The summed E-state index contributed by atoms with van der Waals surface area (Å²) in [5, 5.41) is 27.4. The summed E-state index contributed by atoms with van der Waals surface area (Å²) in [7, 11) is 9.75. The van der Waals surface area contributed by atoms with Gasteiger partial charge in [-0.3, -0.25) is 19.2 Å². The smallest absolute Gasteiger partial charge is 0.0548 e. The van der Waals surface area contributed by atoms with Gasteiger partial charge in [-0.25, -0.2) is 19.2 Å². The van der Waals surface area contributed by atoms with Crippen LogP contribution >= 0.6 is 18.8 Å². The summed E-state index contributed by atoms with van der Waals surface area (Å²) in [6.07, 6.45) is 5.11. The van der Waals surface area contributed by atoms with Gasteiger partial charge in [0, 0.05) is 25.9 Å². The van der Waals surface area contributed by atoms with E-state index in [0.717, 1.165) is 12.8 Å². The zero-order valence-corrected chi connectivity index (χ0v) is 45.3. The fourth-order valence-corrected chi connectivity index (χ4v) is 5.29. The van der Waals surface area contributed by atoms with Crippen molar-refractivity contribution >= 4 is 66.7 Å². The van der Waals surface area contributed by atoms with Gasteiger partial charge in [0.2, 0.25) is 11.8 Å². The topological polar surface area (TPSA) is 310 Å². The van der Waals surface area contributed by atoms with E-state index in [1.54, 1.807) is 83.1 Å². The number of carbonyl (C=O) groups excluding carboxylic acids is 6. The van der Waals surface area contributed by atoms with Crippen molar-refractivity contribution in [2.24, 2.45) is 0 Å². The van der Waals surface area contributed by atoms with Gasteiger partial charge in [0.05, 0.1) is 12.8 Å². The number of nitrogens with one attached hydrogen (secondary N) is 6. The van der Waals surface area contributed by atoms with Gasteiger partial charge in [0.15, 0.2) is 0 Å². The number of unbranched alkanes of at least 4 members (excludes halogenated alkanes) is 2. The van der Waals surface area contributed by atoms with Crippen LogP contribution in [0.25, 0.3) is 11.5 Å². The minimum atomic E-state index is -1.02. The van der Waals surface area contributed by atoms with Gasteiger partial charge in [-0.2, -0.15) is 12.1 Å². The molecule has 4 amide bonds. The van der Waals surface area contributed by atoms with Crippen molar-refractivity contribution in [2.75, 3.05) is 13.1 Å². The third kappa shape index (κ3) is 47.4. The first kappa shape index (κ1) is 67.8. The molecule has 4 unspecified atom stereocenters. The quantitative estimate of drug-likeness (QED) is 0.0378. The average Bonchev–Trinajstić information content (AvgIpc) is 3.14. The third-order valence-electron chi connectivity index (χ3n) is 8.15. The van der Waals surface area contributed by atoms with E-state index < -0.39 is 87.0 Å². The zero-order valence-electron chi connectivity index (χ0n) is 41.5. The Morgan fingerprint density at radius 3 is 1.06 bits per heavy atom. The molecule has 1 aliphatic rings. The number of carbonyl (C=O) groups is 8. The van der Waals surface area contributed by atoms with Gasteiger partial charge < -0.3 is 61.9 Å². The molecule has 0 aromatic carbocycles. The Morgan fingerprint density at radius 1 is 0.537 bits per heavy atom. The molecule has 0 aromatic rings. The molecule has 1 aliphatic carbocycles. The fourth-order valence-electron chi connectivity index (χ4n) is 5.29. The Morgan fingerprint density at radius 2 is 0.821 bits per heavy atom. The van der Waals surface area contributed by atoms with Crippen molar-refractivity contribution in [1.29, 1.82) is 0 Å². The van der Waals surface area contributed by atoms with Crippen molar-refractivity contribution in [2.45, 2.75) is 220 Å². The van der Waals surface area contributed by atoms with Crippen molar-refractivity contribution in [3.8, 4) is 0 Å². The van der Waals surface area contributed by atoms with E-state index in [2.05, 4.69) is 21.3 Å². The molecule has 0 saturated heterocycles. The summed E-state index contributed by atoms with van der Waals surface area (Å²) in [6.45, 7) is 21.5. The SMILES string of the molecule is CC(C)(C)OC(=O)NC(CCCCNC(=O)CCC(=O)O)C(=O)OC(C)(C)C.CC(C)(C)OC(=O)NC(CCCCNC(=O)CCC(=O)O)C(=O)OC(C)(C)C.[Cl][Pt+2][Cl].[NH-]C1CCCCC1[NH-]. The second kappa shape index (κ2) is 35.6. The van der Waals surface area contributed by atoms with Gasteiger partial charge in [-0.05, 0) is 122 Å². The number of hydrogen-bond acceptors (Lipinski definition) is 12. The normalized spacial score (nSPS) is 15.6. The minimum absolute atomic E-state index is 0.0733. The molecule has 0 aromatic heterocycles. The second-order valence-corrected chi connectivity index (χ2v) is 22.8. The minimum Gasteiger partial charge on any atom is -0.676 e.